The van der Waals surface area contributed by atoms with Gasteiger partial charge in [0.1, 0.15) is 11.2 Å². The predicted molar refractivity (Wildman–Crippen MR) is 238 cm³/mol. The van der Waals surface area contributed by atoms with E-state index in [-0.39, 0.29) is 5.84 Å². The van der Waals surface area contributed by atoms with Gasteiger partial charge in [0.05, 0.1) is 0 Å². The molecule has 0 saturated carbocycles. The molecule has 1 N–H and O–H groups in total. The van der Waals surface area contributed by atoms with Crippen LogP contribution in [-0.2, 0) is 0 Å². The highest BCUT2D eigenvalue weighted by atomic mass is 16.3. The summed E-state index contributed by atoms with van der Waals surface area (Å²) in [6.07, 6.45) is 0. The summed E-state index contributed by atoms with van der Waals surface area (Å²) in [5, 5.41) is 18.0. The van der Waals surface area contributed by atoms with Gasteiger partial charge < -0.3 is 4.42 Å². The molecule has 0 amide bonds. The van der Waals surface area contributed by atoms with E-state index in [1.165, 1.54) is 37.9 Å². The van der Waals surface area contributed by atoms with Crippen LogP contribution >= 0.6 is 0 Å². The molecule has 10 aromatic rings. The number of aliphatic imine (C=N–C) groups is 2. The maximum absolute atomic E-state index is 8.47. The van der Waals surface area contributed by atoms with Gasteiger partial charge >= 0.3 is 0 Å². The third kappa shape index (κ3) is 6.44. The van der Waals surface area contributed by atoms with Crippen molar-refractivity contribution < 1.29 is 4.42 Å². The van der Waals surface area contributed by atoms with Crippen LogP contribution in [-0.4, -0.2) is 18.4 Å². The number of aryl methyl sites for hydroxylation is 1. The van der Waals surface area contributed by atoms with Crippen molar-refractivity contribution in [2.24, 2.45) is 9.98 Å². The van der Waals surface area contributed by atoms with Crippen LogP contribution in [0.5, 0.6) is 0 Å². The summed E-state index contributed by atoms with van der Waals surface area (Å²) >= 11 is 0. The molecule has 0 aliphatic rings. The smallest absolute Gasteiger partial charge is 0.161 e. The first-order chi connectivity index (χ1) is 27.6. The lowest BCUT2D eigenvalue weighted by Gasteiger charge is -2.16. The van der Waals surface area contributed by atoms with Crippen LogP contribution in [0, 0.1) is 12.3 Å². The fourth-order valence-corrected chi connectivity index (χ4v) is 7.62. The largest absolute Gasteiger partial charge is 0.456 e. The molecule has 1 aromatic heterocycles. The van der Waals surface area contributed by atoms with Gasteiger partial charge in [0, 0.05) is 21.9 Å². The molecule has 1 heterocycles. The fraction of sp³-hybridized carbons (Fsp3) is 0.0192. The highest BCUT2D eigenvalue weighted by Crippen LogP contribution is 2.42. The van der Waals surface area contributed by atoms with Crippen molar-refractivity contribution in [3.63, 3.8) is 0 Å². The molecule has 10 rings (SSSR count). The summed E-state index contributed by atoms with van der Waals surface area (Å²) in [5.74, 6) is 0.570. The maximum Gasteiger partial charge on any atom is 0.161 e. The highest BCUT2D eigenvalue weighted by molar-refractivity contribution is 6.29. The topological polar surface area (TPSA) is 61.7 Å². The Bertz CT molecular complexity index is 3110. The average Bonchev–Trinajstić information content (AvgIpc) is 3.64. The summed E-state index contributed by atoms with van der Waals surface area (Å²) in [5.41, 5.74) is 9.23. The van der Waals surface area contributed by atoms with E-state index in [9.17, 15) is 0 Å². The second-order valence-corrected chi connectivity index (χ2v) is 13.9. The third-order valence-corrected chi connectivity index (χ3v) is 10.4. The number of hydrogen-bond donors (Lipinski definition) is 1. The van der Waals surface area contributed by atoms with Gasteiger partial charge in [-0.15, -0.1) is 0 Å². The molecule has 0 radical (unpaired) electrons. The van der Waals surface area contributed by atoms with E-state index in [2.05, 4.69) is 139 Å². The molecule has 0 unspecified atom stereocenters. The minimum absolute atomic E-state index is 0.150. The molecule has 0 spiro atoms. The third-order valence-electron chi connectivity index (χ3n) is 10.4. The molecule has 4 nitrogen and oxygen atoms in total. The monoisotopic (exact) mass is 719 g/mol. The zero-order chi connectivity index (χ0) is 38.0. The van der Waals surface area contributed by atoms with Gasteiger partial charge in [-0.3, -0.25) is 5.41 Å². The lowest BCUT2D eigenvalue weighted by molar-refractivity contribution is 0.669. The van der Waals surface area contributed by atoms with Gasteiger partial charge in [-0.05, 0) is 92.5 Å². The molecule has 0 saturated heterocycles. The van der Waals surface area contributed by atoms with Crippen LogP contribution in [0.1, 0.15) is 16.7 Å². The molecule has 0 atom stereocenters. The zero-order valence-corrected chi connectivity index (χ0v) is 30.9. The van der Waals surface area contributed by atoms with Crippen LogP contribution in [0.2, 0.25) is 0 Å². The number of rotatable bonds is 4. The Kier molecular flexibility index (Phi) is 9.06. The Balaban J connectivity index is 0.000000530. The second kappa shape index (κ2) is 14.8. The minimum atomic E-state index is 0.150. The molecule has 9 aromatic carbocycles. The Morgan fingerprint density at radius 1 is 0.464 bits per heavy atom. The number of nitrogens with zero attached hydrogens (tertiary/aromatic N) is 2. The lowest BCUT2D eigenvalue weighted by atomic mass is 9.88. The Labute approximate surface area is 325 Å². The Morgan fingerprint density at radius 2 is 1.02 bits per heavy atom. The molecule has 0 bridgehead atoms. The zero-order valence-electron chi connectivity index (χ0n) is 30.9. The molecule has 0 aliphatic heterocycles. The SMILES string of the molecule is C=NC(=NC(=N)c1ccccc1)c1ccc(-c2cccc3c4ccccc4c4cc(-c5ccc6oc7ccccc7c6c5)ccc4c23)cc1.Cc1ccccc1. The van der Waals surface area contributed by atoms with E-state index in [0.29, 0.717) is 5.84 Å². The lowest BCUT2D eigenvalue weighted by Crippen LogP contribution is -2.03. The summed E-state index contributed by atoms with van der Waals surface area (Å²) in [7, 11) is 0. The maximum atomic E-state index is 8.47. The van der Waals surface area contributed by atoms with E-state index in [4.69, 9.17) is 9.83 Å². The molecule has 0 fully saturated rings. The van der Waals surface area contributed by atoms with Crippen LogP contribution < -0.4 is 0 Å². The summed E-state index contributed by atoms with van der Waals surface area (Å²) in [6.45, 7) is 5.82. The van der Waals surface area contributed by atoms with Crippen molar-refractivity contribution in [3.8, 4) is 22.3 Å². The van der Waals surface area contributed by atoms with Gasteiger partial charge in [0.15, 0.2) is 11.7 Å². The molecule has 56 heavy (non-hydrogen) atoms. The van der Waals surface area contributed by atoms with Crippen molar-refractivity contribution in [2.75, 3.05) is 0 Å². The van der Waals surface area contributed by atoms with Crippen molar-refractivity contribution in [3.05, 3.63) is 205 Å². The molecule has 0 aliphatic carbocycles. The van der Waals surface area contributed by atoms with E-state index in [1.807, 2.05) is 72.8 Å². The van der Waals surface area contributed by atoms with Gasteiger partial charge in [-0.25, -0.2) is 9.98 Å². The number of para-hydroxylation sites is 1. The summed E-state index contributed by atoms with van der Waals surface area (Å²) < 4.78 is 6.11. The quantitative estimate of drug-likeness (QED) is 0.110. The number of fused-ring (bicyclic) bond motifs is 9. The Hall–Kier alpha value is -7.43. The normalized spacial score (nSPS) is 11.6. The van der Waals surface area contributed by atoms with Gasteiger partial charge in [-0.2, -0.15) is 0 Å². The first-order valence-corrected chi connectivity index (χ1v) is 18.7. The van der Waals surface area contributed by atoms with Gasteiger partial charge in [0.2, 0.25) is 0 Å². The van der Waals surface area contributed by atoms with E-state index in [0.717, 1.165) is 55.3 Å². The predicted octanol–water partition coefficient (Wildman–Crippen LogP) is 13.8. The van der Waals surface area contributed by atoms with Gasteiger partial charge in [-0.1, -0.05) is 169 Å². The van der Waals surface area contributed by atoms with Crippen molar-refractivity contribution in [1.82, 2.24) is 0 Å². The first kappa shape index (κ1) is 34.3. The van der Waals surface area contributed by atoms with Crippen LogP contribution in [0.4, 0.5) is 0 Å². The van der Waals surface area contributed by atoms with Crippen LogP contribution in [0.15, 0.2) is 202 Å². The fourth-order valence-electron chi connectivity index (χ4n) is 7.62. The van der Waals surface area contributed by atoms with E-state index < -0.39 is 0 Å². The molecule has 4 heteroatoms. The molecular formula is C52H37N3O. The average molecular weight is 720 g/mol. The number of benzene rings is 9. The molecular weight excluding hydrogens is 683 g/mol. The van der Waals surface area contributed by atoms with E-state index in [1.54, 1.807) is 0 Å². The number of hydrogen-bond acceptors (Lipinski definition) is 2. The highest BCUT2D eigenvalue weighted by Gasteiger charge is 2.15. The van der Waals surface area contributed by atoms with Crippen molar-refractivity contribution in [2.45, 2.75) is 6.92 Å². The van der Waals surface area contributed by atoms with Gasteiger partial charge in [0.25, 0.3) is 0 Å². The van der Waals surface area contributed by atoms with Crippen LogP contribution in [0.3, 0.4) is 0 Å². The second-order valence-electron chi connectivity index (χ2n) is 13.9. The number of nitrogens with one attached hydrogen (secondary N) is 1. The Morgan fingerprint density at radius 3 is 1.71 bits per heavy atom. The van der Waals surface area contributed by atoms with Crippen molar-refractivity contribution >= 4 is 72.6 Å². The minimum Gasteiger partial charge on any atom is -0.456 e. The summed E-state index contributed by atoms with van der Waals surface area (Å²) in [4.78, 5) is 8.66. The number of furan rings is 1. The van der Waals surface area contributed by atoms with E-state index >= 15 is 0 Å². The molecule has 266 valence electrons. The van der Waals surface area contributed by atoms with Crippen LogP contribution in [0.25, 0.3) is 76.5 Å². The van der Waals surface area contributed by atoms with Crippen molar-refractivity contribution in [1.29, 1.82) is 5.41 Å². The first-order valence-electron chi connectivity index (χ1n) is 18.7. The standard InChI is InChI=1S/C45H29N3O.C7H8/c1-47-45(48-44(46)29-10-3-2-4-11-29)30-20-18-28(19-21-30)33-15-9-16-37-34-12-5-6-13-35(34)39-26-31(22-24-38(39)43(33)37)32-23-25-42-40(27-32)36-14-7-8-17-41(36)49-42;1-7-5-3-2-4-6-7/h2-27,46H,1H2;2-6H,1H3. The number of amidine groups is 2. The summed E-state index contributed by atoms with van der Waals surface area (Å²) in [6, 6.07) is 64.7.